The Morgan fingerprint density at radius 2 is 1.75 bits per heavy atom. The first-order valence-corrected chi connectivity index (χ1v) is 11.0. The highest BCUT2D eigenvalue weighted by Crippen LogP contribution is 2.24. The van der Waals surface area contributed by atoms with Crippen LogP contribution in [0.5, 0.6) is 0 Å². The van der Waals surface area contributed by atoms with Crippen LogP contribution >= 0.6 is 0 Å². The molecule has 0 spiro atoms. The summed E-state index contributed by atoms with van der Waals surface area (Å²) in [5.74, 6) is 0.0697. The molecule has 1 aliphatic heterocycles. The predicted octanol–water partition coefficient (Wildman–Crippen LogP) is 2.70. The normalized spacial score (nSPS) is 18.1. The molecule has 0 radical (unpaired) electrons. The van der Waals surface area contributed by atoms with Gasteiger partial charge in [-0.3, -0.25) is 4.79 Å². The van der Waals surface area contributed by atoms with Crippen LogP contribution in [0.2, 0.25) is 0 Å². The quantitative estimate of drug-likeness (QED) is 0.720. The maximum atomic E-state index is 12.9. The van der Waals surface area contributed by atoms with Gasteiger partial charge in [0.1, 0.15) is 5.69 Å². The molecular weight excluding hydrogens is 374 g/mol. The van der Waals surface area contributed by atoms with Crippen LogP contribution in [0.3, 0.4) is 0 Å². The Labute approximate surface area is 164 Å². The van der Waals surface area contributed by atoms with Crippen molar-refractivity contribution in [1.82, 2.24) is 15.1 Å². The van der Waals surface area contributed by atoms with E-state index in [9.17, 15) is 13.2 Å². The molecule has 1 atom stereocenters. The molecule has 1 unspecified atom stereocenters. The first-order chi connectivity index (χ1) is 13.5. The van der Waals surface area contributed by atoms with E-state index in [-0.39, 0.29) is 23.3 Å². The Morgan fingerprint density at radius 3 is 2.39 bits per heavy atom. The van der Waals surface area contributed by atoms with Crippen molar-refractivity contribution >= 4 is 15.7 Å². The number of para-hydroxylation sites is 1. The van der Waals surface area contributed by atoms with E-state index in [1.807, 2.05) is 60.7 Å². The van der Waals surface area contributed by atoms with Crippen LogP contribution in [0.4, 0.5) is 0 Å². The smallest absolute Gasteiger partial charge is 0.255 e. The Morgan fingerprint density at radius 1 is 1.07 bits per heavy atom. The Bertz CT molecular complexity index is 1080. The average molecular weight is 395 g/mol. The van der Waals surface area contributed by atoms with Crippen molar-refractivity contribution in [2.45, 2.75) is 6.42 Å². The lowest BCUT2D eigenvalue weighted by atomic mass is 10.1. The molecule has 1 amide bonds. The summed E-state index contributed by atoms with van der Waals surface area (Å²) in [5, 5.41) is 7.53. The van der Waals surface area contributed by atoms with Crippen molar-refractivity contribution in [2.75, 3.05) is 18.1 Å². The summed E-state index contributed by atoms with van der Waals surface area (Å²) in [6.45, 7) is 0.350. The van der Waals surface area contributed by atoms with Crippen LogP contribution in [0.15, 0.2) is 66.9 Å². The predicted molar refractivity (Wildman–Crippen MR) is 108 cm³/mol. The van der Waals surface area contributed by atoms with Gasteiger partial charge in [-0.05, 0) is 24.5 Å². The number of aromatic nitrogens is 2. The molecule has 7 heteroatoms. The van der Waals surface area contributed by atoms with Crippen molar-refractivity contribution in [3.63, 3.8) is 0 Å². The fourth-order valence-electron chi connectivity index (χ4n) is 3.43. The standard InChI is InChI=1S/C21H21N3O3S/c25-21(22-13-16-11-12-28(26,27)15-16)19-14-24(18-9-5-2-6-10-18)23-20(19)17-7-3-1-4-8-17/h1-10,14,16H,11-13,15H2,(H,22,25). The molecular formula is C21H21N3O3S. The molecule has 1 saturated heterocycles. The second-order valence-corrected chi connectivity index (χ2v) is 9.25. The first kappa shape index (κ1) is 18.4. The SMILES string of the molecule is O=C(NCC1CCS(=O)(=O)C1)c1cn(-c2ccccc2)nc1-c1ccccc1. The lowest BCUT2D eigenvalue weighted by Crippen LogP contribution is -2.30. The Kier molecular flexibility index (Phi) is 5.00. The number of carbonyl (C=O) groups excluding carboxylic acids is 1. The van der Waals surface area contributed by atoms with Crippen molar-refractivity contribution in [2.24, 2.45) is 5.92 Å². The summed E-state index contributed by atoms with van der Waals surface area (Å²) >= 11 is 0. The zero-order valence-corrected chi connectivity index (χ0v) is 16.1. The van der Waals surface area contributed by atoms with Gasteiger partial charge in [-0.25, -0.2) is 13.1 Å². The molecule has 0 bridgehead atoms. The molecule has 28 heavy (non-hydrogen) atoms. The van der Waals surface area contributed by atoms with E-state index in [4.69, 9.17) is 0 Å². The minimum absolute atomic E-state index is 0.0294. The van der Waals surface area contributed by atoms with Crippen LogP contribution in [-0.4, -0.2) is 42.2 Å². The third-order valence-electron chi connectivity index (χ3n) is 4.90. The van der Waals surface area contributed by atoms with Gasteiger partial charge in [0.25, 0.3) is 5.91 Å². The summed E-state index contributed by atoms with van der Waals surface area (Å²) in [7, 11) is -2.96. The molecule has 2 aromatic carbocycles. The maximum Gasteiger partial charge on any atom is 0.255 e. The topological polar surface area (TPSA) is 81.1 Å². The number of hydrogen-bond donors (Lipinski definition) is 1. The van der Waals surface area contributed by atoms with Crippen molar-refractivity contribution in [3.05, 3.63) is 72.4 Å². The van der Waals surface area contributed by atoms with Gasteiger partial charge in [-0.2, -0.15) is 5.10 Å². The Hall–Kier alpha value is -2.93. The molecule has 0 saturated carbocycles. The van der Waals surface area contributed by atoms with Gasteiger partial charge in [-0.15, -0.1) is 0 Å². The largest absolute Gasteiger partial charge is 0.352 e. The van der Waals surface area contributed by atoms with E-state index in [0.717, 1.165) is 11.3 Å². The zero-order chi connectivity index (χ0) is 19.6. The van der Waals surface area contributed by atoms with E-state index < -0.39 is 9.84 Å². The van der Waals surface area contributed by atoms with Gasteiger partial charge in [-0.1, -0.05) is 48.5 Å². The van der Waals surface area contributed by atoms with Crippen LogP contribution in [0.1, 0.15) is 16.8 Å². The van der Waals surface area contributed by atoms with Crippen LogP contribution in [-0.2, 0) is 9.84 Å². The van der Waals surface area contributed by atoms with Crippen LogP contribution < -0.4 is 5.32 Å². The summed E-state index contributed by atoms with van der Waals surface area (Å²) < 4.78 is 24.9. The second-order valence-electron chi connectivity index (χ2n) is 7.02. The summed E-state index contributed by atoms with van der Waals surface area (Å²) in [6.07, 6.45) is 2.32. The fraction of sp³-hybridized carbons (Fsp3) is 0.238. The van der Waals surface area contributed by atoms with E-state index in [1.54, 1.807) is 10.9 Å². The van der Waals surface area contributed by atoms with Gasteiger partial charge in [0.05, 0.1) is 22.8 Å². The highest BCUT2D eigenvalue weighted by molar-refractivity contribution is 7.91. The first-order valence-electron chi connectivity index (χ1n) is 9.21. The molecule has 144 valence electrons. The zero-order valence-electron chi connectivity index (χ0n) is 15.3. The molecule has 4 rings (SSSR count). The second kappa shape index (κ2) is 7.59. The number of nitrogens with zero attached hydrogens (tertiary/aromatic N) is 2. The lowest BCUT2D eigenvalue weighted by molar-refractivity contribution is 0.0949. The van der Waals surface area contributed by atoms with Gasteiger partial charge in [0, 0.05) is 18.3 Å². The summed E-state index contributed by atoms with van der Waals surface area (Å²) in [6, 6.07) is 19.2. The Balaban J connectivity index is 1.61. The minimum atomic E-state index is -2.96. The number of amides is 1. The number of benzene rings is 2. The minimum Gasteiger partial charge on any atom is -0.352 e. The maximum absolute atomic E-state index is 12.9. The van der Waals surface area contributed by atoms with Gasteiger partial charge < -0.3 is 5.32 Å². The molecule has 6 nitrogen and oxygen atoms in total. The average Bonchev–Trinajstić information content (AvgIpc) is 3.31. The summed E-state index contributed by atoms with van der Waals surface area (Å²) in [4.78, 5) is 12.9. The van der Waals surface area contributed by atoms with Crippen molar-refractivity contribution < 1.29 is 13.2 Å². The number of rotatable bonds is 5. The molecule has 2 heterocycles. The van der Waals surface area contributed by atoms with Crippen molar-refractivity contribution in [1.29, 1.82) is 0 Å². The molecule has 0 aliphatic carbocycles. The number of carbonyl (C=O) groups is 1. The van der Waals surface area contributed by atoms with Crippen molar-refractivity contribution in [3.8, 4) is 16.9 Å². The van der Waals surface area contributed by atoms with Gasteiger partial charge in [0.15, 0.2) is 9.84 Å². The van der Waals surface area contributed by atoms with E-state index >= 15 is 0 Å². The van der Waals surface area contributed by atoms with Crippen LogP contribution in [0, 0.1) is 5.92 Å². The third kappa shape index (κ3) is 3.99. The highest BCUT2D eigenvalue weighted by Gasteiger charge is 2.28. The lowest BCUT2D eigenvalue weighted by Gasteiger charge is -2.09. The molecule has 1 fully saturated rings. The molecule has 3 aromatic rings. The molecule has 1 aromatic heterocycles. The fourth-order valence-corrected chi connectivity index (χ4v) is 5.29. The highest BCUT2D eigenvalue weighted by atomic mass is 32.2. The van der Waals surface area contributed by atoms with E-state index in [1.165, 1.54) is 0 Å². The van der Waals surface area contributed by atoms with Gasteiger partial charge in [0.2, 0.25) is 0 Å². The van der Waals surface area contributed by atoms with Gasteiger partial charge >= 0.3 is 0 Å². The molecule has 1 aliphatic rings. The number of nitrogens with one attached hydrogen (secondary N) is 1. The third-order valence-corrected chi connectivity index (χ3v) is 6.74. The summed E-state index contributed by atoms with van der Waals surface area (Å²) in [5.41, 5.74) is 2.78. The number of sulfone groups is 1. The van der Waals surface area contributed by atoms with E-state index in [0.29, 0.717) is 24.2 Å². The van der Waals surface area contributed by atoms with E-state index in [2.05, 4.69) is 10.4 Å². The number of hydrogen-bond acceptors (Lipinski definition) is 4. The van der Waals surface area contributed by atoms with Crippen LogP contribution in [0.25, 0.3) is 16.9 Å². The monoisotopic (exact) mass is 395 g/mol. The molecule has 1 N–H and O–H groups in total.